The van der Waals surface area contributed by atoms with Crippen LogP contribution in [0.2, 0.25) is 0 Å². The highest BCUT2D eigenvalue weighted by molar-refractivity contribution is 7.80. The Balaban J connectivity index is 2.05. The van der Waals surface area contributed by atoms with Gasteiger partial charge in [-0.2, -0.15) is 0 Å². The lowest BCUT2D eigenvalue weighted by atomic mass is 10.0. The topological polar surface area (TPSA) is 41.3 Å². The zero-order valence-electron chi connectivity index (χ0n) is 12.4. The van der Waals surface area contributed by atoms with Gasteiger partial charge in [0, 0.05) is 12.2 Å². The second-order valence-electron chi connectivity index (χ2n) is 5.58. The second-order valence-corrected chi connectivity index (χ2v) is 5.96. The molecule has 1 fully saturated rings. The van der Waals surface area contributed by atoms with Crippen molar-refractivity contribution in [2.45, 2.75) is 38.9 Å². The summed E-state index contributed by atoms with van der Waals surface area (Å²) in [5.74, 6) is 1.83. The predicted molar refractivity (Wildman–Crippen MR) is 85.9 cm³/mol. The summed E-state index contributed by atoms with van der Waals surface area (Å²) < 4.78 is 5.88. The normalized spacial score (nSPS) is 21.9. The maximum absolute atomic E-state index is 5.88. The van der Waals surface area contributed by atoms with Crippen LogP contribution in [-0.2, 0) is 0 Å². The summed E-state index contributed by atoms with van der Waals surface area (Å²) in [7, 11) is 0. The number of aryl methyl sites for hydroxylation is 1. The molecule has 2 aromatic rings. The number of thiocarbonyl (C=S) groups is 1. The smallest absolute Gasteiger partial charge is 0.170 e. The molecule has 0 bridgehead atoms. The molecule has 0 amide bonds. The molecule has 1 aliphatic heterocycles. The van der Waals surface area contributed by atoms with Crippen molar-refractivity contribution in [2.75, 3.05) is 0 Å². The van der Waals surface area contributed by atoms with Crippen LogP contribution in [0.15, 0.2) is 40.9 Å². The number of hydrogen-bond donors (Lipinski definition) is 1. The van der Waals surface area contributed by atoms with E-state index in [-0.39, 0.29) is 18.1 Å². The van der Waals surface area contributed by atoms with Gasteiger partial charge in [-0.05, 0) is 57.3 Å². The summed E-state index contributed by atoms with van der Waals surface area (Å²) in [5, 5.41) is 4.14. The first-order valence-electron chi connectivity index (χ1n) is 7.14. The largest absolute Gasteiger partial charge is 0.464 e. The molecule has 3 rings (SSSR count). The van der Waals surface area contributed by atoms with Gasteiger partial charge in [0.05, 0.1) is 11.7 Å². The third-order valence-electron chi connectivity index (χ3n) is 3.74. The van der Waals surface area contributed by atoms with Gasteiger partial charge in [-0.3, -0.25) is 4.98 Å². The van der Waals surface area contributed by atoms with Gasteiger partial charge < -0.3 is 14.6 Å². The van der Waals surface area contributed by atoms with Crippen molar-refractivity contribution in [3.63, 3.8) is 0 Å². The van der Waals surface area contributed by atoms with Crippen LogP contribution >= 0.6 is 12.2 Å². The Morgan fingerprint density at radius 2 is 2.10 bits per heavy atom. The summed E-state index contributed by atoms with van der Waals surface area (Å²) in [4.78, 5) is 6.67. The van der Waals surface area contributed by atoms with E-state index in [1.807, 2.05) is 43.5 Å². The first-order valence-corrected chi connectivity index (χ1v) is 7.55. The van der Waals surface area contributed by atoms with Crippen molar-refractivity contribution in [2.24, 2.45) is 0 Å². The van der Waals surface area contributed by atoms with E-state index in [0.717, 1.165) is 22.3 Å². The Hall–Kier alpha value is -1.88. The summed E-state index contributed by atoms with van der Waals surface area (Å²) in [6.45, 7) is 6.23. The van der Waals surface area contributed by atoms with E-state index in [9.17, 15) is 0 Å². The van der Waals surface area contributed by atoms with Crippen LogP contribution < -0.4 is 5.32 Å². The summed E-state index contributed by atoms with van der Waals surface area (Å²) >= 11 is 5.52. The zero-order chi connectivity index (χ0) is 15.0. The molecule has 1 saturated heterocycles. The van der Waals surface area contributed by atoms with Gasteiger partial charge in [-0.25, -0.2) is 0 Å². The molecule has 0 aromatic carbocycles. The highest BCUT2D eigenvalue weighted by Gasteiger charge is 2.42. The van der Waals surface area contributed by atoms with Crippen LogP contribution in [0, 0.1) is 6.92 Å². The first-order chi connectivity index (χ1) is 10.1. The molecule has 1 N–H and O–H groups in total. The van der Waals surface area contributed by atoms with E-state index < -0.39 is 0 Å². The molecule has 110 valence electrons. The summed E-state index contributed by atoms with van der Waals surface area (Å²) in [6, 6.07) is 10.3. The minimum atomic E-state index is 0.00616. The van der Waals surface area contributed by atoms with Crippen molar-refractivity contribution >= 4 is 17.3 Å². The molecule has 2 unspecified atom stereocenters. The maximum atomic E-state index is 5.88. The summed E-state index contributed by atoms with van der Waals surface area (Å²) in [6.07, 6.45) is 1.81. The predicted octanol–water partition coefficient (Wildman–Crippen LogP) is 3.36. The van der Waals surface area contributed by atoms with E-state index in [4.69, 9.17) is 16.6 Å². The van der Waals surface area contributed by atoms with Gasteiger partial charge in [0.1, 0.15) is 17.6 Å². The van der Waals surface area contributed by atoms with Crippen molar-refractivity contribution < 1.29 is 4.42 Å². The number of nitrogens with one attached hydrogen (secondary N) is 1. The molecule has 0 saturated carbocycles. The van der Waals surface area contributed by atoms with Crippen LogP contribution in [0.3, 0.4) is 0 Å². The molecule has 4 nitrogen and oxygen atoms in total. The Labute approximate surface area is 130 Å². The second kappa shape index (κ2) is 5.48. The third kappa shape index (κ3) is 2.53. The van der Waals surface area contributed by atoms with E-state index in [0.29, 0.717) is 0 Å². The van der Waals surface area contributed by atoms with Crippen molar-refractivity contribution in [1.82, 2.24) is 15.2 Å². The Morgan fingerprint density at radius 3 is 2.67 bits per heavy atom. The lowest BCUT2D eigenvalue weighted by molar-refractivity contribution is 0.233. The molecule has 3 heterocycles. The van der Waals surface area contributed by atoms with Gasteiger partial charge in [-0.1, -0.05) is 6.07 Å². The quantitative estimate of drug-likeness (QED) is 0.880. The fraction of sp³-hybridized carbons (Fsp3) is 0.375. The molecule has 2 atom stereocenters. The minimum absolute atomic E-state index is 0.00616. The van der Waals surface area contributed by atoms with E-state index in [1.54, 1.807) is 0 Å². The fourth-order valence-electron chi connectivity index (χ4n) is 2.84. The number of nitrogens with zero attached hydrogens (tertiary/aromatic N) is 2. The minimum Gasteiger partial charge on any atom is -0.464 e. The molecule has 0 spiro atoms. The van der Waals surface area contributed by atoms with Crippen LogP contribution in [0.4, 0.5) is 0 Å². The fourth-order valence-corrected chi connectivity index (χ4v) is 3.29. The monoisotopic (exact) mass is 301 g/mol. The molecular formula is C16H19N3OS. The molecule has 21 heavy (non-hydrogen) atoms. The molecule has 0 radical (unpaired) electrons. The van der Waals surface area contributed by atoms with Crippen molar-refractivity contribution in [3.8, 4) is 0 Å². The van der Waals surface area contributed by atoms with Crippen LogP contribution in [0.1, 0.15) is 43.1 Å². The van der Waals surface area contributed by atoms with Crippen molar-refractivity contribution in [1.29, 1.82) is 0 Å². The Bertz CT molecular complexity index is 638. The number of pyridine rings is 1. The molecule has 5 heteroatoms. The number of rotatable bonds is 3. The Kier molecular flexibility index (Phi) is 3.68. The van der Waals surface area contributed by atoms with E-state index in [1.165, 1.54) is 0 Å². The maximum Gasteiger partial charge on any atom is 0.170 e. The van der Waals surface area contributed by atoms with Crippen LogP contribution in [-0.4, -0.2) is 21.0 Å². The lowest BCUT2D eigenvalue weighted by Crippen LogP contribution is -2.35. The van der Waals surface area contributed by atoms with Gasteiger partial charge in [0.2, 0.25) is 0 Å². The van der Waals surface area contributed by atoms with E-state index >= 15 is 0 Å². The van der Waals surface area contributed by atoms with Gasteiger partial charge in [0.15, 0.2) is 5.11 Å². The molecule has 2 aromatic heterocycles. The number of aromatic nitrogens is 1. The number of furan rings is 1. The lowest BCUT2D eigenvalue weighted by Gasteiger charge is -2.29. The van der Waals surface area contributed by atoms with E-state index in [2.05, 4.69) is 29.0 Å². The first kappa shape index (κ1) is 14.1. The standard InChI is InChI=1S/C16H19N3OS/c1-10(2)19-15(13-8-7-11(3)20-13)14(18-16(19)21)12-6-4-5-9-17-12/h4-10,14-15H,1-3H3,(H,18,21). The molecule has 1 aliphatic rings. The Morgan fingerprint density at radius 1 is 1.29 bits per heavy atom. The molecule has 0 aliphatic carbocycles. The number of hydrogen-bond acceptors (Lipinski definition) is 3. The van der Waals surface area contributed by atoms with Crippen LogP contribution in [0.25, 0.3) is 0 Å². The highest BCUT2D eigenvalue weighted by Crippen LogP contribution is 2.40. The summed E-state index contributed by atoms with van der Waals surface area (Å²) in [5.41, 5.74) is 0.974. The zero-order valence-corrected chi connectivity index (χ0v) is 13.2. The highest BCUT2D eigenvalue weighted by atomic mass is 32.1. The van der Waals surface area contributed by atoms with Gasteiger partial charge in [0.25, 0.3) is 0 Å². The third-order valence-corrected chi connectivity index (χ3v) is 4.07. The van der Waals surface area contributed by atoms with Crippen molar-refractivity contribution in [3.05, 3.63) is 53.7 Å². The molecular weight excluding hydrogens is 282 g/mol. The average molecular weight is 301 g/mol. The average Bonchev–Trinajstić information content (AvgIpc) is 3.03. The van der Waals surface area contributed by atoms with Crippen LogP contribution in [0.5, 0.6) is 0 Å². The van der Waals surface area contributed by atoms with Gasteiger partial charge >= 0.3 is 0 Å². The SMILES string of the molecule is Cc1ccc(C2C(c3ccccn3)NC(=S)N2C(C)C)o1. The van der Waals surface area contributed by atoms with Gasteiger partial charge in [-0.15, -0.1) is 0 Å².